The molecule has 0 aromatic heterocycles. The molecule has 0 radical (unpaired) electrons. The molecule has 1 N–H and O–H groups in total. The first-order valence-electron chi connectivity index (χ1n) is 6.70. The lowest BCUT2D eigenvalue weighted by Crippen LogP contribution is -2.21. The molecule has 0 bridgehead atoms. The molecule has 1 saturated carbocycles. The minimum Gasteiger partial charge on any atom is -0.326 e. The summed E-state index contributed by atoms with van der Waals surface area (Å²) in [5.74, 6) is 1.15. The first kappa shape index (κ1) is 14.9. The standard InChI is InChI=1S/C15H20BrNOS/c1-12(18)17-13-4-6-14(7-5-13)19-11-15(10-16)8-2-3-9-15/h4-7H,2-3,8-11H2,1H3,(H,17,18). The lowest BCUT2D eigenvalue weighted by molar-refractivity contribution is -0.114. The lowest BCUT2D eigenvalue weighted by atomic mass is 9.92. The van der Waals surface area contributed by atoms with E-state index in [9.17, 15) is 4.79 Å². The second-order valence-electron chi connectivity index (χ2n) is 5.33. The summed E-state index contributed by atoms with van der Waals surface area (Å²) in [5.41, 5.74) is 1.36. The van der Waals surface area contributed by atoms with Gasteiger partial charge < -0.3 is 5.32 Å². The largest absolute Gasteiger partial charge is 0.326 e. The van der Waals surface area contributed by atoms with Gasteiger partial charge in [0.05, 0.1) is 0 Å². The fraction of sp³-hybridized carbons (Fsp3) is 0.533. The molecule has 2 nitrogen and oxygen atoms in total. The van der Waals surface area contributed by atoms with Crippen molar-refractivity contribution >= 4 is 39.3 Å². The fourth-order valence-electron chi connectivity index (χ4n) is 2.52. The average molecular weight is 342 g/mol. The summed E-state index contributed by atoms with van der Waals surface area (Å²) in [6, 6.07) is 8.12. The molecule has 0 unspecified atom stereocenters. The fourth-order valence-corrected chi connectivity index (χ4v) is 4.73. The Kier molecular flexibility index (Phi) is 5.34. The van der Waals surface area contributed by atoms with Gasteiger partial charge in [0.1, 0.15) is 0 Å². The quantitative estimate of drug-likeness (QED) is 0.621. The second-order valence-corrected chi connectivity index (χ2v) is 6.94. The number of halogens is 1. The van der Waals surface area contributed by atoms with Gasteiger partial charge in [-0.2, -0.15) is 0 Å². The molecule has 0 spiro atoms. The van der Waals surface area contributed by atoms with E-state index in [2.05, 4.69) is 33.4 Å². The SMILES string of the molecule is CC(=O)Nc1ccc(SCC2(CBr)CCCC2)cc1. The van der Waals surface area contributed by atoms with Crippen LogP contribution in [0.25, 0.3) is 0 Å². The molecule has 0 atom stereocenters. The molecule has 104 valence electrons. The molecule has 1 aliphatic rings. The number of hydrogen-bond donors (Lipinski definition) is 1. The smallest absolute Gasteiger partial charge is 0.221 e. The molecule has 1 aliphatic carbocycles. The van der Waals surface area contributed by atoms with Gasteiger partial charge in [-0.15, -0.1) is 11.8 Å². The monoisotopic (exact) mass is 341 g/mol. The molecule has 19 heavy (non-hydrogen) atoms. The summed E-state index contributed by atoms with van der Waals surface area (Å²) in [6.45, 7) is 1.53. The maximum Gasteiger partial charge on any atom is 0.221 e. The van der Waals surface area contributed by atoms with E-state index in [-0.39, 0.29) is 5.91 Å². The number of amides is 1. The molecule has 1 fully saturated rings. The van der Waals surface area contributed by atoms with Crippen molar-refractivity contribution in [3.63, 3.8) is 0 Å². The first-order valence-corrected chi connectivity index (χ1v) is 8.81. The van der Waals surface area contributed by atoms with Crippen LogP contribution in [0.5, 0.6) is 0 Å². The molecule has 0 heterocycles. The normalized spacial score (nSPS) is 17.4. The van der Waals surface area contributed by atoms with Crippen molar-refractivity contribution in [1.29, 1.82) is 0 Å². The van der Waals surface area contributed by atoms with Crippen molar-refractivity contribution in [3.8, 4) is 0 Å². The summed E-state index contributed by atoms with van der Waals surface area (Å²) < 4.78 is 0. The van der Waals surface area contributed by atoms with Gasteiger partial charge in [-0.1, -0.05) is 28.8 Å². The highest BCUT2D eigenvalue weighted by molar-refractivity contribution is 9.09. The van der Waals surface area contributed by atoms with Gasteiger partial charge in [0.2, 0.25) is 5.91 Å². The molecule has 1 aromatic rings. The molecule has 1 amide bonds. The minimum absolute atomic E-state index is 0.0235. The van der Waals surface area contributed by atoms with Gasteiger partial charge in [-0.3, -0.25) is 4.79 Å². The number of nitrogens with one attached hydrogen (secondary N) is 1. The number of carbonyl (C=O) groups excluding carboxylic acids is 1. The number of thioether (sulfide) groups is 1. The predicted octanol–water partition coefficient (Wildman–Crippen LogP) is 4.69. The third kappa shape index (κ3) is 4.25. The van der Waals surface area contributed by atoms with Crippen LogP contribution >= 0.6 is 27.7 Å². The number of benzene rings is 1. The Balaban J connectivity index is 1.90. The van der Waals surface area contributed by atoms with E-state index < -0.39 is 0 Å². The van der Waals surface area contributed by atoms with E-state index in [4.69, 9.17) is 0 Å². The Morgan fingerprint density at radius 3 is 2.47 bits per heavy atom. The molecule has 0 aliphatic heterocycles. The third-order valence-electron chi connectivity index (χ3n) is 3.67. The maximum absolute atomic E-state index is 11.0. The van der Waals surface area contributed by atoms with Gasteiger partial charge >= 0.3 is 0 Å². The number of rotatable bonds is 5. The third-order valence-corrected chi connectivity index (χ3v) is 6.22. The van der Waals surface area contributed by atoms with Crippen LogP contribution in [0, 0.1) is 5.41 Å². The summed E-state index contributed by atoms with van der Waals surface area (Å²) in [5, 5.41) is 3.90. The summed E-state index contributed by atoms with van der Waals surface area (Å²) in [7, 11) is 0. The van der Waals surface area contributed by atoms with Gasteiger partial charge in [0, 0.05) is 28.6 Å². The van der Waals surface area contributed by atoms with E-state index in [1.54, 1.807) is 0 Å². The van der Waals surface area contributed by atoms with Crippen LogP contribution in [0.15, 0.2) is 29.2 Å². The molecular weight excluding hydrogens is 322 g/mol. The van der Waals surface area contributed by atoms with Crippen LogP contribution in [0.1, 0.15) is 32.6 Å². The molecule has 0 saturated heterocycles. The minimum atomic E-state index is -0.0235. The van der Waals surface area contributed by atoms with E-state index in [1.165, 1.54) is 43.3 Å². The summed E-state index contributed by atoms with van der Waals surface area (Å²) in [4.78, 5) is 12.2. The van der Waals surface area contributed by atoms with Crippen LogP contribution < -0.4 is 5.32 Å². The number of alkyl halides is 1. The van der Waals surface area contributed by atoms with Crippen LogP contribution in [-0.4, -0.2) is 17.0 Å². The Morgan fingerprint density at radius 1 is 1.32 bits per heavy atom. The van der Waals surface area contributed by atoms with Crippen molar-refractivity contribution in [1.82, 2.24) is 0 Å². The van der Waals surface area contributed by atoms with Crippen LogP contribution in [0.4, 0.5) is 5.69 Å². The van der Waals surface area contributed by atoms with Crippen molar-refractivity contribution < 1.29 is 4.79 Å². The van der Waals surface area contributed by atoms with Crippen LogP contribution in [0.3, 0.4) is 0 Å². The van der Waals surface area contributed by atoms with Crippen molar-refractivity contribution in [2.45, 2.75) is 37.5 Å². The van der Waals surface area contributed by atoms with Gasteiger partial charge in [0.25, 0.3) is 0 Å². The predicted molar refractivity (Wildman–Crippen MR) is 86.2 cm³/mol. The van der Waals surface area contributed by atoms with Gasteiger partial charge in [0.15, 0.2) is 0 Å². The van der Waals surface area contributed by atoms with E-state index in [0.29, 0.717) is 5.41 Å². The van der Waals surface area contributed by atoms with Crippen molar-refractivity contribution in [2.24, 2.45) is 5.41 Å². The molecule has 4 heteroatoms. The number of hydrogen-bond acceptors (Lipinski definition) is 2. The van der Waals surface area contributed by atoms with Crippen LogP contribution in [0.2, 0.25) is 0 Å². The van der Waals surface area contributed by atoms with E-state index >= 15 is 0 Å². The zero-order chi connectivity index (χ0) is 13.7. The zero-order valence-corrected chi connectivity index (χ0v) is 13.6. The topological polar surface area (TPSA) is 29.1 Å². The van der Waals surface area contributed by atoms with E-state index in [0.717, 1.165) is 11.0 Å². The number of anilines is 1. The highest BCUT2D eigenvalue weighted by atomic mass is 79.9. The lowest BCUT2D eigenvalue weighted by Gasteiger charge is -2.25. The van der Waals surface area contributed by atoms with Crippen molar-refractivity contribution in [3.05, 3.63) is 24.3 Å². The average Bonchev–Trinajstić information content (AvgIpc) is 2.87. The Morgan fingerprint density at radius 2 is 1.95 bits per heavy atom. The molecule has 1 aromatic carbocycles. The van der Waals surface area contributed by atoms with Gasteiger partial charge in [-0.05, 0) is 42.5 Å². The highest BCUT2D eigenvalue weighted by Crippen LogP contribution is 2.43. The maximum atomic E-state index is 11.0. The molecular formula is C15H20BrNOS. The van der Waals surface area contributed by atoms with E-state index in [1.807, 2.05) is 23.9 Å². The van der Waals surface area contributed by atoms with Crippen LogP contribution in [-0.2, 0) is 4.79 Å². The second kappa shape index (κ2) is 6.80. The Labute approximate surface area is 127 Å². The Hall–Kier alpha value is -0.480. The summed E-state index contributed by atoms with van der Waals surface area (Å²) in [6.07, 6.45) is 5.42. The highest BCUT2D eigenvalue weighted by Gasteiger charge is 2.32. The van der Waals surface area contributed by atoms with Crippen molar-refractivity contribution in [2.75, 3.05) is 16.4 Å². The zero-order valence-electron chi connectivity index (χ0n) is 11.2. The number of carbonyl (C=O) groups is 1. The van der Waals surface area contributed by atoms with Gasteiger partial charge in [-0.25, -0.2) is 0 Å². The molecule has 2 rings (SSSR count). The summed E-state index contributed by atoms with van der Waals surface area (Å²) >= 11 is 5.61. The Bertz CT molecular complexity index is 426. The first-order chi connectivity index (χ1) is 9.13.